The van der Waals surface area contributed by atoms with Crippen LogP contribution in [-0.2, 0) is 6.61 Å². The van der Waals surface area contributed by atoms with Crippen molar-refractivity contribution in [3.05, 3.63) is 46.4 Å². The first kappa shape index (κ1) is 11.1. The number of rotatable bonds is 4. The summed E-state index contributed by atoms with van der Waals surface area (Å²) in [7, 11) is 0. The third-order valence-corrected chi connectivity index (χ3v) is 2.94. The molecule has 0 aliphatic rings. The Hall–Kier alpha value is -1.39. The van der Waals surface area contributed by atoms with Crippen LogP contribution in [0.15, 0.2) is 35.8 Å². The molecule has 0 saturated heterocycles. The smallest absolute Gasteiger partial charge is 0.140 e. The van der Waals surface area contributed by atoms with E-state index in [2.05, 4.69) is 4.98 Å². The Morgan fingerprint density at radius 1 is 1.50 bits per heavy atom. The Balaban J connectivity index is 2.01. The highest BCUT2D eigenvalue weighted by molar-refractivity contribution is 7.09. The van der Waals surface area contributed by atoms with E-state index in [0.29, 0.717) is 6.61 Å². The predicted octanol–water partition coefficient (Wildman–Crippen LogP) is 2.78. The average molecular weight is 235 g/mol. The highest BCUT2D eigenvalue weighted by Gasteiger charge is 2.03. The maximum Gasteiger partial charge on any atom is 0.140 e. The molecule has 1 aromatic carbocycles. The van der Waals surface area contributed by atoms with Gasteiger partial charge in [0.2, 0.25) is 0 Å². The molecule has 0 spiro atoms. The van der Waals surface area contributed by atoms with Gasteiger partial charge in [0, 0.05) is 11.6 Å². The third kappa shape index (κ3) is 2.81. The fourth-order valence-corrected chi connectivity index (χ4v) is 1.86. The Morgan fingerprint density at radius 3 is 3.06 bits per heavy atom. The van der Waals surface area contributed by atoms with Crippen LogP contribution in [0.1, 0.15) is 23.6 Å². The topological polar surface area (TPSA) is 42.4 Å². The van der Waals surface area contributed by atoms with Crippen molar-refractivity contribution in [3.8, 4) is 5.75 Å². The Morgan fingerprint density at radius 2 is 2.38 bits per heavy atom. The zero-order valence-electron chi connectivity index (χ0n) is 8.96. The van der Waals surface area contributed by atoms with Crippen LogP contribution in [0.5, 0.6) is 5.75 Å². The van der Waals surface area contributed by atoms with Crippen LogP contribution in [0.25, 0.3) is 0 Å². The Labute approximate surface area is 98.4 Å². The van der Waals surface area contributed by atoms with Gasteiger partial charge >= 0.3 is 0 Å². The number of ether oxygens (including phenoxy) is 1. The first-order valence-electron chi connectivity index (χ1n) is 5.05. The molecule has 0 unspecified atom stereocenters. The number of nitrogens with zero attached hydrogens (tertiary/aromatic N) is 1. The van der Waals surface area contributed by atoms with Crippen LogP contribution in [0, 0.1) is 0 Å². The summed E-state index contributed by atoms with van der Waals surface area (Å²) < 4.78 is 5.58. The maximum absolute atomic E-state index is 9.43. The summed E-state index contributed by atoms with van der Waals surface area (Å²) in [6, 6.07) is 7.47. The largest absolute Gasteiger partial charge is 0.486 e. The third-order valence-electron chi connectivity index (χ3n) is 2.19. The van der Waals surface area contributed by atoms with E-state index >= 15 is 0 Å². The van der Waals surface area contributed by atoms with Crippen molar-refractivity contribution in [2.75, 3.05) is 0 Å². The first-order chi connectivity index (χ1) is 7.75. The van der Waals surface area contributed by atoms with Crippen molar-refractivity contribution in [1.82, 2.24) is 4.98 Å². The van der Waals surface area contributed by atoms with Crippen LogP contribution in [-0.4, -0.2) is 10.1 Å². The number of hydrogen-bond donors (Lipinski definition) is 1. The zero-order valence-corrected chi connectivity index (χ0v) is 9.78. The van der Waals surface area contributed by atoms with Crippen LogP contribution in [0.3, 0.4) is 0 Å². The Bertz CT molecular complexity index is 440. The molecule has 0 aliphatic heterocycles. The molecule has 1 heterocycles. The fraction of sp³-hybridized carbons (Fsp3) is 0.250. The number of aromatic nitrogens is 1. The van der Waals surface area contributed by atoms with Gasteiger partial charge in [-0.3, -0.25) is 0 Å². The molecule has 2 rings (SSSR count). The summed E-state index contributed by atoms with van der Waals surface area (Å²) in [5.41, 5.74) is 0.858. The molecule has 0 aliphatic carbocycles. The standard InChI is InChI=1S/C12H13NO2S/c1-9(14)10-3-2-4-11(7-10)15-8-12-13-5-6-16-12/h2-7,9,14H,8H2,1H3/t9-/m1/s1. The summed E-state index contributed by atoms with van der Waals surface area (Å²) in [5.74, 6) is 0.758. The van der Waals surface area contributed by atoms with Gasteiger partial charge in [-0.05, 0) is 24.6 Å². The van der Waals surface area contributed by atoms with Crippen LogP contribution in [0.2, 0.25) is 0 Å². The normalized spacial score (nSPS) is 12.4. The average Bonchev–Trinajstić information content (AvgIpc) is 2.79. The van der Waals surface area contributed by atoms with Gasteiger partial charge in [0.1, 0.15) is 17.4 Å². The zero-order chi connectivity index (χ0) is 11.4. The molecule has 84 valence electrons. The molecule has 1 atom stereocenters. The van der Waals surface area contributed by atoms with Gasteiger partial charge in [-0.2, -0.15) is 0 Å². The number of benzene rings is 1. The summed E-state index contributed by atoms with van der Waals surface area (Å²) in [6.45, 7) is 2.21. The molecule has 0 bridgehead atoms. The molecule has 3 nitrogen and oxygen atoms in total. The van der Waals surface area contributed by atoms with Crippen molar-refractivity contribution in [2.24, 2.45) is 0 Å². The number of hydrogen-bond acceptors (Lipinski definition) is 4. The van der Waals surface area contributed by atoms with Crippen LogP contribution >= 0.6 is 11.3 Å². The van der Waals surface area contributed by atoms with E-state index in [0.717, 1.165) is 16.3 Å². The minimum absolute atomic E-state index is 0.469. The maximum atomic E-state index is 9.43. The van der Waals surface area contributed by atoms with E-state index in [9.17, 15) is 5.11 Å². The number of aliphatic hydroxyl groups is 1. The van der Waals surface area contributed by atoms with Crippen molar-refractivity contribution in [3.63, 3.8) is 0 Å². The highest BCUT2D eigenvalue weighted by Crippen LogP contribution is 2.20. The molecule has 1 N–H and O–H groups in total. The van der Waals surface area contributed by atoms with Gasteiger partial charge in [-0.25, -0.2) is 4.98 Å². The summed E-state index contributed by atoms with van der Waals surface area (Å²) in [5, 5.41) is 12.3. The van der Waals surface area contributed by atoms with Crippen molar-refractivity contribution >= 4 is 11.3 Å². The molecule has 16 heavy (non-hydrogen) atoms. The summed E-state index contributed by atoms with van der Waals surface area (Å²) in [4.78, 5) is 4.13. The van der Waals surface area contributed by atoms with Crippen molar-refractivity contribution < 1.29 is 9.84 Å². The van der Waals surface area contributed by atoms with Crippen molar-refractivity contribution in [1.29, 1.82) is 0 Å². The monoisotopic (exact) mass is 235 g/mol. The van der Waals surface area contributed by atoms with E-state index in [4.69, 9.17) is 4.74 Å². The second kappa shape index (κ2) is 5.09. The van der Waals surface area contributed by atoms with Gasteiger partial charge in [0.05, 0.1) is 6.10 Å². The molecular weight excluding hydrogens is 222 g/mol. The lowest BCUT2D eigenvalue weighted by Gasteiger charge is -2.08. The van der Waals surface area contributed by atoms with Crippen LogP contribution < -0.4 is 4.74 Å². The van der Waals surface area contributed by atoms with Gasteiger partial charge in [-0.1, -0.05) is 12.1 Å². The lowest BCUT2D eigenvalue weighted by atomic mass is 10.1. The minimum atomic E-state index is -0.469. The van der Waals surface area contributed by atoms with E-state index in [1.165, 1.54) is 0 Å². The fourth-order valence-electron chi connectivity index (χ4n) is 1.33. The molecule has 1 aromatic heterocycles. The van der Waals surface area contributed by atoms with Gasteiger partial charge in [0.25, 0.3) is 0 Å². The SMILES string of the molecule is C[C@@H](O)c1cccc(OCc2nccs2)c1. The molecule has 0 saturated carbocycles. The van der Waals surface area contributed by atoms with E-state index in [-0.39, 0.29) is 0 Å². The quantitative estimate of drug-likeness (QED) is 0.886. The summed E-state index contributed by atoms with van der Waals surface area (Å²) >= 11 is 1.57. The van der Waals surface area contributed by atoms with Crippen LogP contribution in [0.4, 0.5) is 0 Å². The highest BCUT2D eigenvalue weighted by atomic mass is 32.1. The number of thiazole rings is 1. The second-order valence-corrected chi connectivity index (χ2v) is 4.44. The van der Waals surface area contributed by atoms with Gasteiger partial charge < -0.3 is 9.84 Å². The van der Waals surface area contributed by atoms with E-state index < -0.39 is 6.10 Å². The lowest BCUT2D eigenvalue weighted by Crippen LogP contribution is -1.96. The van der Waals surface area contributed by atoms with E-state index in [1.54, 1.807) is 24.5 Å². The molecule has 2 aromatic rings. The van der Waals surface area contributed by atoms with Gasteiger partial charge in [-0.15, -0.1) is 11.3 Å². The predicted molar refractivity (Wildman–Crippen MR) is 63.5 cm³/mol. The van der Waals surface area contributed by atoms with Crippen molar-refractivity contribution in [2.45, 2.75) is 19.6 Å². The lowest BCUT2D eigenvalue weighted by molar-refractivity contribution is 0.198. The second-order valence-electron chi connectivity index (χ2n) is 3.46. The Kier molecular flexibility index (Phi) is 3.54. The minimum Gasteiger partial charge on any atom is -0.486 e. The summed E-state index contributed by atoms with van der Waals surface area (Å²) in [6.07, 6.45) is 1.29. The molecule has 0 fully saturated rings. The molecular formula is C12H13NO2S. The molecule has 0 amide bonds. The first-order valence-corrected chi connectivity index (χ1v) is 5.93. The number of aliphatic hydroxyl groups excluding tert-OH is 1. The molecule has 0 radical (unpaired) electrons. The van der Waals surface area contributed by atoms with E-state index in [1.807, 2.05) is 29.6 Å². The molecule has 4 heteroatoms. The van der Waals surface area contributed by atoms with Gasteiger partial charge in [0.15, 0.2) is 0 Å².